The van der Waals surface area contributed by atoms with Gasteiger partial charge in [-0.25, -0.2) is 13.8 Å². The van der Waals surface area contributed by atoms with Crippen molar-refractivity contribution < 1.29 is 8.78 Å². The zero-order chi connectivity index (χ0) is 16.0. The number of aliphatic imine (C=N–C) groups is 1. The van der Waals surface area contributed by atoms with Crippen LogP contribution in [-0.4, -0.2) is 15.9 Å². The third-order valence-electron chi connectivity index (χ3n) is 3.76. The summed E-state index contributed by atoms with van der Waals surface area (Å²) in [6.07, 6.45) is 0. The third-order valence-corrected chi connectivity index (χ3v) is 3.76. The molecule has 1 aromatic heterocycles. The molecule has 23 heavy (non-hydrogen) atoms. The van der Waals surface area contributed by atoms with Crippen molar-refractivity contribution in [1.29, 1.82) is 0 Å². The van der Waals surface area contributed by atoms with Crippen molar-refractivity contribution in [1.82, 2.24) is 10.2 Å². The number of benzene rings is 2. The van der Waals surface area contributed by atoms with Gasteiger partial charge in [0.05, 0.1) is 11.4 Å². The molecule has 1 aliphatic rings. The average molecular weight is 310 g/mol. The van der Waals surface area contributed by atoms with E-state index in [4.69, 9.17) is 0 Å². The number of hydrogen-bond donors (Lipinski definition) is 2. The Hall–Kier alpha value is -3.02. The van der Waals surface area contributed by atoms with Crippen LogP contribution in [0.1, 0.15) is 16.8 Å². The first-order chi connectivity index (χ1) is 11.1. The zero-order valence-electron chi connectivity index (χ0n) is 12.2. The molecular weight excluding hydrogens is 298 g/mol. The van der Waals surface area contributed by atoms with Crippen LogP contribution < -0.4 is 5.32 Å². The molecule has 2 N–H and O–H groups in total. The number of fused-ring (bicyclic) bond motifs is 2. The second kappa shape index (κ2) is 5.01. The second-order valence-corrected chi connectivity index (χ2v) is 5.30. The summed E-state index contributed by atoms with van der Waals surface area (Å²) >= 11 is 0. The summed E-state index contributed by atoms with van der Waals surface area (Å²) in [5.41, 5.74) is 3.13. The van der Waals surface area contributed by atoms with Gasteiger partial charge in [-0.05, 0) is 37.3 Å². The molecule has 0 unspecified atom stereocenters. The highest BCUT2D eigenvalue weighted by molar-refractivity contribution is 6.18. The molecule has 0 aliphatic carbocycles. The maximum absolute atomic E-state index is 14.3. The quantitative estimate of drug-likeness (QED) is 0.553. The lowest BCUT2D eigenvalue weighted by molar-refractivity contribution is 0.624. The molecule has 0 amide bonds. The fourth-order valence-electron chi connectivity index (χ4n) is 2.63. The Kier molecular flexibility index (Phi) is 2.97. The van der Waals surface area contributed by atoms with E-state index in [0.717, 1.165) is 5.69 Å². The number of nitrogens with one attached hydrogen (secondary N) is 2. The number of hydrogen-bond acceptors (Lipinski definition) is 3. The predicted octanol–water partition coefficient (Wildman–Crippen LogP) is 4.22. The van der Waals surface area contributed by atoms with E-state index in [1.165, 1.54) is 18.2 Å². The number of nitrogens with zero attached hydrogens (tertiary/aromatic N) is 2. The molecule has 0 saturated heterocycles. The minimum atomic E-state index is -0.411. The Bertz CT molecular complexity index is 944. The molecule has 1 aliphatic heterocycles. The van der Waals surface area contributed by atoms with Gasteiger partial charge in [-0.2, -0.15) is 5.10 Å². The molecule has 0 atom stereocenters. The van der Waals surface area contributed by atoms with Crippen LogP contribution in [0.3, 0.4) is 0 Å². The lowest BCUT2D eigenvalue weighted by Crippen LogP contribution is -2.08. The number of anilines is 2. The molecule has 0 spiro atoms. The SMILES string of the molecule is Cc1[nH]nc2c1N=C(c1ccccc1F)c1cc(F)ccc1N2. The van der Waals surface area contributed by atoms with Gasteiger partial charge in [0.25, 0.3) is 0 Å². The Morgan fingerprint density at radius 2 is 1.83 bits per heavy atom. The highest BCUT2D eigenvalue weighted by atomic mass is 19.1. The predicted molar refractivity (Wildman–Crippen MR) is 84.7 cm³/mol. The van der Waals surface area contributed by atoms with Crippen LogP contribution >= 0.6 is 0 Å². The molecule has 114 valence electrons. The van der Waals surface area contributed by atoms with Crippen molar-refractivity contribution in [3.8, 4) is 0 Å². The number of aromatic nitrogens is 2. The van der Waals surface area contributed by atoms with Gasteiger partial charge in [-0.15, -0.1) is 0 Å². The number of aromatic amines is 1. The van der Waals surface area contributed by atoms with Gasteiger partial charge < -0.3 is 5.32 Å². The lowest BCUT2D eigenvalue weighted by Gasteiger charge is -2.11. The minimum absolute atomic E-state index is 0.314. The van der Waals surface area contributed by atoms with E-state index in [2.05, 4.69) is 20.5 Å². The van der Waals surface area contributed by atoms with Crippen molar-refractivity contribution in [3.05, 3.63) is 70.9 Å². The summed E-state index contributed by atoms with van der Waals surface area (Å²) in [6, 6.07) is 10.6. The number of aryl methyl sites for hydroxylation is 1. The van der Waals surface area contributed by atoms with Crippen molar-refractivity contribution in [2.45, 2.75) is 6.92 Å². The summed E-state index contributed by atoms with van der Waals surface area (Å²) in [7, 11) is 0. The van der Waals surface area contributed by atoms with E-state index in [-0.39, 0.29) is 0 Å². The van der Waals surface area contributed by atoms with E-state index in [0.29, 0.717) is 34.0 Å². The maximum atomic E-state index is 14.3. The van der Waals surface area contributed by atoms with Crippen molar-refractivity contribution in [3.63, 3.8) is 0 Å². The van der Waals surface area contributed by atoms with Gasteiger partial charge in [0.15, 0.2) is 5.82 Å². The van der Waals surface area contributed by atoms with Crippen LogP contribution in [0.2, 0.25) is 0 Å². The molecule has 0 bridgehead atoms. The third kappa shape index (κ3) is 2.19. The van der Waals surface area contributed by atoms with Crippen LogP contribution in [0, 0.1) is 18.6 Å². The van der Waals surface area contributed by atoms with Gasteiger partial charge in [0.1, 0.15) is 17.3 Å². The first kappa shape index (κ1) is 13.6. The van der Waals surface area contributed by atoms with Crippen molar-refractivity contribution in [2.24, 2.45) is 4.99 Å². The topological polar surface area (TPSA) is 53.1 Å². The van der Waals surface area contributed by atoms with Crippen LogP contribution in [-0.2, 0) is 0 Å². The fraction of sp³-hybridized carbons (Fsp3) is 0.0588. The zero-order valence-corrected chi connectivity index (χ0v) is 12.2. The van der Waals surface area contributed by atoms with E-state index in [1.807, 2.05) is 6.92 Å². The average Bonchev–Trinajstić information content (AvgIpc) is 2.79. The van der Waals surface area contributed by atoms with Gasteiger partial charge >= 0.3 is 0 Å². The number of halogens is 2. The fourth-order valence-corrected chi connectivity index (χ4v) is 2.63. The van der Waals surface area contributed by atoms with Crippen LogP contribution in [0.5, 0.6) is 0 Å². The lowest BCUT2D eigenvalue weighted by atomic mass is 10.00. The largest absolute Gasteiger partial charge is 0.336 e. The molecule has 0 saturated carbocycles. The highest BCUT2D eigenvalue weighted by Crippen LogP contribution is 2.36. The summed E-state index contributed by atoms with van der Waals surface area (Å²) in [5, 5.41) is 10.1. The molecule has 4 nitrogen and oxygen atoms in total. The summed E-state index contributed by atoms with van der Waals surface area (Å²) < 4.78 is 28.0. The summed E-state index contributed by atoms with van der Waals surface area (Å²) in [6.45, 7) is 1.83. The van der Waals surface area contributed by atoms with Crippen molar-refractivity contribution >= 4 is 22.9 Å². The maximum Gasteiger partial charge on any atom is 0.178 e. The Labute approximate surface area is 130 Å². The van der Waals surface area contributed by atoms with E-state index >= 15 is 0 Å². The molecule has 2 aromatic carbocycles. The van der Waals surface area contributed by atoms with Gasteiger partial charge in [-0.3, -0.25) is 5.10 Å². The molecular formula is C17H12F2N4. The van der Waals surface area contributed by atoms with Gasteiger partial charge in [0, 0.05) is 16.8 Å². The van der Waals surface area contributed by atoms with Crippen LogP contribution in [0.4, 0.5) is 26.0 Å². The Morgan fingerprint density at radius 1 is 1.00 bits per heavy atom. The molecule has 3 aromatic rings. The summed E-state index contributed by atoms with van der Waals surface area (Å²) in [4.78, 5) is 4.57. The van der Waals surface area contributed by atoms with Crippen LogP contribution in [0.15, 0.2) is 47.5 Å². The van der Waals surface area contributed by atoms with Gasteiger partial charge in [0.2, 0.25) is 0 Å². The first-order valence-corrected chi connectivity index (χ1v) is 7.09. The Morgan fingerprint density at radius 3 is 2.65 bits per heavy atom. The first-order valence-electron chi connectivity index (χ1n) is 7.09. The van der Waals surface area contributed by atoms with Crippen molar-refractivity contribution in [2.75, 3.05) is 5.32 Å². The standard InChI is InChI=1S/C17H12F2N4/c1-9-15-17(23-22-9)20-14-7-6-10(18)8-12(14)16(21-15)11-4-2-3-5-13(11)19/h2-8H,1H3,(H2,20,22,23). The monoisotopic (exact) mass is 310 g/mol. The Balaban J connectivity index is 2.05. The normalized spacial score (nSPS) is 12.7. The molecule has 0 fully saturated rings. The minimum Gasteiger partial charge on any atom is -0.336 e. The molecule has 0 radical (unpaired) electrons. The summed E-state index contributed by atoms with van der Waals surface area (Å²) in [5.74, 6) is -0.292. The van der Waals surface area contributed by atoms with Crippen LogP contribution in [0.25, 0.3) is 0 Å². The molecule has 4 rings (SSSR count). The van der Waals surface area contributed by atoms with E-state index < -0.39 is 11.6 Å². The van der Waals surface area contributed by atoms with E-state index in [9.17, 15) is 8.78 Å². The second-order valence-electron chi connectivity index (χ2n) is 5.30. The van der Waals surface area contributed by atoms with Gasteiger partial charge in [-0.1, -0.05) is 12.1 Å². The number of H-pyrrole nitrogens is 1. The highest BCUT2D eigenvalue weighted by Gasteiger charge is 2.23. The molecule has 6 heteroatoms. The van der Waals surface area contributed by atoms with E-state index in [1.54, 1.807) is 24.3 Å². The smallest absolute Gasteiger partial charge is 0.178 e. The molecule has 2 heterocycles. The number of rotatable bonds is 1.